The molecule has 0 saturated heterocycles. The van der Waals surface area contributed by atoms with Crippen LogP contribution in [-0.4, -0.2) is 52.6 Å². The van der Waals surface area contributed by atoms with Crippen molar-refractivity contribution in [3.8, 4) is 23.2 Å². The molecule has 0 aliphatic heterocycles. The van der Waals surface area contributed by atoms with E-state index in [1.165, 1.54) is 6.33 Å². The number of benzene rings is 2. The molecule has 0 spiro atoms. The molecule has 0 atom stereocenters. The Bertz CT molecular complexity index is 1180. The van der Waals surface area contributed by atoms with Crippen molar-refractivity contribution >= 4 is 22.5 Å². The minimum atomic E-state index is 0.0686. The predicted molar refractivity (Wildman–Crippen MR) is 117 cm³/mol. The highest BCUT2D eigenvalue weighted by molar-refractivity contribution is 5.85. The average molecular weight is 421 g/mol. The fourth-order valence-electron chi connectivity index (χ4n) is 3.48. The molecule has 2 aromatic heterocycles. The summed E-state index contributed by atoms with van der Waals surface area (Å²) in [6, 6.07) is 11.5. The number of nitrogens with one attached hydrogen (secondary N) is 1. The van der Waals surface area contributed by atoms with E-state index in [1.54, 1.807) is 33.5 Å². The highest BCUT2D eigenvalue weighted by atomic mass is 16.5. The van der Waals surface area contributed by atoms with Crippen LogP contribution < -0.4 is 19.5 Å². The quantitative estimate of drug-likeness (QED) is 0.447. The van der Waals surface area contributed by atoms with Crippen LogP contribution in [0.4, 0.5) is 11.6 Å². The molecule has 0 bridgehead atoms. The van der Waals surface area contributed by atoms with Crippen LogP contribution >= 0.6 is 0 Å². The number of aliphatic hydroxyl groups excluding tert-OH is 1. The molecule has 0 unspecified atom stereocenters. The summed E-state index contributed by atoms with van der Waals surface area (Å²) in [5, 5.41) is 13.6. The number of nitrogens with zero attached hydrogens (tertiary/aromatic N) is 4. The van der Waals surface area contributed by atoms with Gasteiger partial charge >= 0.3 is 0 Å². The summed E-state index contributed by atoms with van der Waals surface area (Å²) in [7, 11) is 4.67. The SMILES string of the molecule is COc1cc(Nc2ncnc(-n3cc(CCO)c4ccccc43)n2)cc(OC)c1OC. The molecule has 9 heteroatoms. The maximum Gasteiger partial charge on any atom is 0.238 e. The van der Waals surface area contributed by atoms with E-state index in [2.05, 4.69) is 20.3 Å². The lowest BCUT2D eigenvalue weighted by molar-refractivity contribution is 0.300. The lowest BCUT2D eigenvalue weighted by atomic mass is 10.1. The first-order chi connectivity index (χ1) is 15.2. The maximum atomic E-state index is 9.40. The molecule has 4 aromatic rings. The highest BCUT2D eigenvalue weighted by Crippen LogP contribution is 2.40. The summed E-state index contributed by atoms with van der Waals surface area (Å²) in [5.41, 5.74) is 2.65. The number of fused-ring (bicyclic) bond motifs is 1. The van der Waals surface area contributed by atoms with Gasteiger partial charge < -0.3 is 24.6 Å². The highest BCUT2D eigenvalue weighted by Gasteiger charge is 2.15. The first kappa shape index (κ1) is 20.4. The summed E-state index contributed by atoms with van der Waals surface area (Å²) in [6.07, 6.45) is 3.94. The molecule has 0 amide bonds. The van der Waals surface area contributed by atoms with Crippen molar-refractivity contribution in [3.05, 3.63) is 54.5 Å². The zero-order chi connectivity index (χ0) is 21.8. The van der Waals surface area contributed by atoms with E-state index in [1.807, 2.05) is 35.0 Å². The minimum Gasteiger partial charge on any atom is -0.493 e. The number of hydrogen-bond acceptors (Lipinski definition) is 8. The first-order valence-electron chi connectivity index (χ1n) is 9.64. The van der Waals surface area contributed by atoms with E-state index in [0.717, 1.165) is 16.5 Å². The van der Waals surface area contributed by atoms with Gasteiger partial charge in [0.2, 0.25) is 17.6 Å². The van der Waals surface area contributed by atoms with Crippen LogP contribution in [0, 0.1) is 0 Å². The standard InChI is InChI=1S/C22H23N5O4/c1-29-18-10-15(11-19(30-2)20(18)31-3)25-21-23-13-24-22(26-21)27-12-14(8-9-28)16-6-4-5-7-17(16)27/h4-7,10-13,28H,8-9H2,1-3H3,(H,23,24,25,26). The van der Waals surface area contributed by atoms with Crippen LogP contribution in [0.5, 0.6) is 17.2 Å². The Morgan fingerprint density at radius 1 is 1.00 bits per heavy atom. The topological polar surface area (TPSA) is 104 Å². The summed E-state index contributed by atoms with van der Waals surface area (Å²) in [6.45, 7) is 0.0686. The lowest BCUT2D eigenvalue weighted by Crippen LogP contribution is -2.05. The molecule has 9 nitrogen and oxygen atoms in total. The van der Waals surface area contributed by atoms with Crippen LogP contribution in [-0.2, 0) is 6.42 Å². The van der Waals surface area contributed by atoms with Crippen molar-refractivity contribution in [1.82, 2.24) is 19.5 Å². The average Bonchev–Trinajstić information content (AvgIpc) is 3.17. The molecule has 2 N–H and O–H groups in total. The van der Waals surface area contributed by atoms with E-state index < -0.39 is 0 Å². The fourth-order valence-corrected chi connectivity index (χ4v) is 3.48. The van der Waals surface area contributed by atoms with Crippen LogP contribution in [0.3, 0.4) is 0 Å². The Kier molecular flexibility index (Phi) is 5.85. The third kappa shape index (κ3) is 3.95. The third-order valence-corrected chi connectivity index (χ3v) is 4.87. The third-order valence-electron chi connectivity index (χ3n) is 4.87. The van der Waals surface area contributed by atoms with Gasteiger partial charge in [0.05, 0.1) is 26.8 Å². The molecule has 0 fully saturated rings. The second-order valence-electron chi connectivity index (χ2n) is 6.66. The van der Waals surface area contributed by atoms with Crippen LogP contribution in [0.15, 0.2) is 48.9 Å². The zero-order valence-corrected chi connectivity index (χ0v) is 17.5. The minimum absolute atomic E-state index is 0.0686. The van der Waals surface area contributed by atoms with Gasteiger partial charge in [-0.05, 0) is 18.1 Å². The molecule has 160 valence electrons. The maximum absolute atomic E-state index is 9.40. The summed E-state index contributed by atoms with van der Waals surface area (Å²) >= 11 is 0. The molecule has 0 radical (unpaired) electrons. The molecule has 2 heterocycles. The van der Waals surface area contributed by atoms with Crippen molar-refractivity contribution in [1.29, 1.82) is 0 Å². The number of ether oxygens (including phenoxy) is 3. The first-order valence-corrected chi connectivity index (χ1v) is 9.64. The van der Waals surface area contributed by atoms with Gasteiger partial charge in [-0.3, -0.25) is 4.57 Å². The van der Waals surface area contributed by atoms with Crippen molar-refractivity contribution in [2.75, 3.05) is 33.3 Å². The Hall–Kier alpha value is -3.85. The van der Waals surface area contributed by atoms with Gasteiger partial charge in [-0.25, -0.2) is 9.97 Å². The van der Waals surface area contributed by atoms with Gasteiger partial charge in [-0.15, -0.1) is 0 Å². The number of rotatable bonds is 8. The Balaban J connectivity index is 1.71. The van der Waals surface area contributed by atoms with Gasteiger partial charge in [-0.2, -0.15) is 4.98 Å². The lowest BCUT2D eigenvalue weighted by Gasteiger charge is -2.14. The summed E-state index contributed by atoms with van der Waals surface area (Å²) in [5.74, 6) is 2.36. The summed E-state index contributed by atoms with van der Waals surface area (Å²) in [4.78, 5) is 13.1. The van der Waals surface area contributed by atoms with E-state index in [0.29, 0.717) is 41.3 Å². The van der Waals surface area contributed by atoms with Gasteiger partial charge in [0, 0.05) is 36.0 Å². The van der Waals surface area contributed by atoms with Crippen molar-refractivity contribution in [2.45, 2.75) is 6.42 Å². The number of aromatic nitrogens is 4. The molecular formula is C22H23N5O4. The van der Waals surface area contributed by atoms with Gasteiger partial charge in [0.1, 0.15) is 6.33 Å². The molecule has 0 aliphatic rings. The second kappa shape index (κ2) is 8.88. The number of aliphatic hydroxyl groups is 1. The number of para-hydroxylation sites is 1. The van der Waals surface area contributed by atoms with Gasteiger partial charge in [0.25, 0.3) is 0 Å². The Morgan fingerprint density at radius 2 is 1.74 bits per heavy atom. The van der Waals surface area contributed by atoms with Crippen LogP contribution in [0.2, 0.25) is 0 Å². The van der Waals surface area contributed by atoms with Crippen LogP contribution in [0.1, 0.15) is 5.56 Å². The summed E-state index contributed by atoms with van der Waals surface area (Å²) < 4.78 is 18.1. The second-order valence-corrected chi connectivity index (χ2v) is 6.66. The van der Waals surface area contributed by atoms with Crippen LogP contribution in [0.25, 0.3) is 16.9 Å². The largest absolute Gasteiger partial charge is 0.493 e. The van der Waals surface area contributed by atoms with Crippen molar-refractivity contribution in [3.63, 3.8) is 0 Å². The monoisotopic (exact) mass is 421 g/mol. The van der Waals surface area contributed by atoms with Gasteiger partial charge in [-0.1, -0.05) is 18.2 Å². The number of hydrogen-bond donors (Lipinski definition) is 2. The Morgan fingerprint density at radius 3 is 2.42 bits per heavy atom. The van der Waals surface area contributed by atoms with Gasteiger partial charge in [0.15, 0.2) is 11.5 Å². The number of anilines is 2. The molecule has 0 saturated carbocycles. The normalized spacial score (nSPS) is 10.8. The molecule has 4 rings (SSSR count). The predicted octanol–water partition coefficient (Wildman–Crippen LogP) is 3.12. The molecule has 31 heavy (non-hydrogen) atoms. The van der Waals surface area contributed by atoms with E-state index in [9.17, 15) is 5.11 Å². The van der Waals surface area contributed by atoms with E-state index in [-0.39, 0.29) is 6.61 Å². The molecular weight excluding hydrogens is 398 g/mol. The fraction of sp³-hybridized carbons (Fsp3) is 0.227. The Labute approximate surface area is 179 Å². The van der Waals surface area contributed by atoms with E-state index in [4.69, 9.17) is 14.2 Å². The molecule has 0 aliphatic carbocycles. The van der Waals surface area contributed by atoms with Crippen molar-refractivity contribution < 1.29 is 19.3 Å². The smallest absolute Gasteiger partial charge is 0.238 e. The molecule has 2 aromatic carbocycles. The number of methoxy groups -OCH3 is 3. The van der Waals surface area contributed by atoms with E-state index >= 15 is 0 Å². The van der Waals surface area contributed by atoms with Crippen molar-refractivity contribution in [2.24, 2.45) is 0 Å². The zero-order valence-electron chi connectivity index (χ0n) is 17.5.